The van der Waals surface area contributed by atoms with Gasteiger partial charge in [0.25, 0.3) is 0 Å². The Morgan fingerprint density at radius 1 is 0.826 bits per heavy atom. The maximum Gasteiger partial charge on any atom is 0.201 e. The lowest BCUT2D eigenvalue weighted by molar-refractivity contribution is 0.605. The lowest BCUT2D eigenvalue weighted by Crippen LogP contribution is -2.05. The molecule has 0 aliphatic carbocycles. The Hall–Kier alpha value is -2.87. The van der Waals surface area contributed by atoms with Crippen LogP contribution in [-0.4, -0.2) is 0 Å². The van der Waals surface area contributed by atoms with E-state index < -0.39 is 0 Å². The fraction of sp³-hybridized carbons (Fsp3) is 0.0952. The highest BCUT2D eigenvalue weighted by Crippen LogP contribution is 2.29. The first-order valence-corrected chi connectivity index (χ1v) is 7.66. The second-order valence-electron chi connectivity index (χ2n) is 5.89. The van der Waals surface area contributed by atoms with E-state index in [0.717, 1.165) is 16.3 Å². The molecule has 0 spiro atoms. The fourth-order valence-corrected chi connectivity index (χ4v) is 3.11. The van der Waals surface area contributed by atoms with Crippen molar-refractivity contribution in [1.82, 2.24) is 0 Å². The van der Waals surface area contributed by atoms with Crippen LogP contribution in [0.15, 0.2) is 70.1 Å². The van der Waals surface area contributed by atoms with Gasteiger partial charge in [0, 0.05) is 0 Å². The van der Waals surface area contributed by atoms with Crippen molar-refractivity contribution in [3.63, 3.8) is 0 Å². The number of fused-ring (bicyclic) bond motifs is 3. The quantitative estimate of drug-likeness (QED) is 0.451. The standard InChI is InChI=1S/C21H16O2/c1-13-8-9-17-16(14(13)2)10-11-19-20(17)21(22)18(12-23-19)15-6-4-3-5-7-15/h3-12H,1-2H3. The van der Waals surface area contributed by atoms with E-state index in [-0.39, 0.29) is 5.43 Å². The highest BCUT2D eigenvalue weighted by molar-refractivity contribution is 6.07. The van der Waals surface area contributed by atoms with Crippen LogP contribution in [0.2, 0.25) is 0 Å². The molecule has 0 saturated heterocycles. The Morgan fingerprint density at radius 2 is 1.57 bits per heavy atom. The molecule has 0 radical (unpaired) electrons. The summed E-state index contributed by atoms with van der Waals surface area (Å²) in [7, 11) is 0. The van der Waals surface area contributed by atoms with E-state index in [4.69, 9.17) is 4.42 Å². The monoisotopic (exact) mass is 300 g/mol. The van der Waals surface area contributed by atoms with Gasteiger partial charge in [-0.3, -0.25) is 4.79 Å². The van der Waals surface area contributed by atoms with Crippen LogP contribution in [0.5, 0.6) is 0 Å². The minimum absolute atomic E-state index is 0.0197. The third-order valence-electron chi connectivity index (χ3n) is 4.56. The predicted octanol–water partition coefficient (Wildman–Crippen LogP) is 5.23. The van der Waals surface area contributed by atoms with Gasteiger partial charge in [0.2, 0.25) is 5.43 Å². The Bertz CT molecular complexity index is 1090. The van der Waals surface area contributed by atoms with Crippen molar-refractivity contribution < 1.29 is 4.42 Å². The molecule has 4 rings (SSSR count). The molecule has 1 heterocycles. The van der Waals surface area contributed by atoms with E-state index in [1.807, 2.05) is 48.5 Å². The first-order chi connectivity index (χ1) is 11.2. The summed E-state index contributed by atoms with van der Waals surface area (Å²) in [5.74, 6) is 0. The predicted molar refractivity (Wildman–Crippen MR) is 94.9 cm³/mol. The van der Waals surface area contributed by atoms with Gasteiger partial charge in [-0.15, -0.1) is 0 Å². The van der Waals surface area contributed by atoms with Gasteiger partial charge in [-0.05, 0) is 47.4 Å². The highest BCUT2D eigenvalue weighted by atomic mass is 16.3. The van der Waals surface area contributed by atoms with Gasteiger partial charge in [-0.25, -0.2) is 0 Å². The molecule has 112 valence electrons. The first kappa shape index (κ1) is 13.8. The summed E-state index contributed by atoms with van der Waals surface area (Å²) in [6.07, 6.45) is 1.56. The lowest BCUT2D eigenvalue weighted by atomic mass is 9.96. The van der Waals surface area contributed by atoms with Crippen LogP contribution in [0, 0.1) is 13.8 Å². The summed E-state index contributed by atoms with van der Waals surface area (Å²) in [6.45, 7) is 4.17. The van der Waals surface area contributed by atoms with E-state index in [9.17, 15) is 4.79 Å². The molecule has 0 aliphatic heterocycles. The zero-order chi connectivity index (χ0) is 16.0. The molecule has 2 nitrogen and oxygen atoms in total. The van der Waals surface area contributed by atoms with Crippen LogP contribution < -0.4 is 5.43 Å². The molecular formula is C21H16O2. The molecular weight excluding hydrogens is 284 g/mol. The molecule has 2 heteroatoms. The van der Waals surface area contributed by atoms with Gasteiger partial charge in [0.15, 0.2) is 0 Å². The Labute approximate surface area is 134 Å². The first-order valence-electron chi connectivity index (χ1n) is 7.66. The smallest absolute Gasteiger partial charge is 0.201 e. The summed E-state index contributed by atoms with van der Waals surface area (Å²) in [4.78, 5) is 13.1. The highest BCUT2D eigenvalue weighted by Gasteiger charge is 2.13. The van der Waals surface area contributed by atoms with Gasteiger partial charge in [0.1, 0.15) is 11.8 Å². The molecule has 0 fully saturated rings. The Morgan fingerprint density at radius 3 is 2.35 bits per heavy atom. The maximum atomic E-state index is 13.1. The summed E-state index contributed by atoms with van der Waals surface area (Å²) < 4.78 is 5.76. The van der Waals surface area contributed by atoms with E-state index in [0.29, 0.717) is 16.5 Å². The van der Waals surface area contributed by atoms with Crippen LogP contribution in [-0.2, 0) is 0 Å². The Kier molecular flexibility index (Phi) is 3.05. The molecule has 23 heavy (non-hydrogen) atoms. The summed E-state index contributed by atoms with van der Waals surface area (Å²) >= 11 is 0. The van der Waals surface area contributed by atoms with Crippen molar-refractivity contribution in [2.75, 3.05) is 0 Å². The van der Waals surface area contributed by atoms with Crippen LogP contribution in [0.1, 0.15) is 11.1 Å². The molecule has 0 N–H and O–H groups in total. The summed E-state index contributed by atoms with van der Waals surface area (Å²) in [5, 5.41) is 2.72. The normalized spacial score (nSPS) is 11.2. The van der Waals surface area contributed by atoms with E-state index >= 15 is 0 Å². The van der Waals surface area contributed by atoms with Gasteiger partial charge < -0.3 is 4.42 Å². The van der Waals surface area contributed by atoms with E-state index in [2.05, 4.69) is 19.9 Å². The van der Waals surface area contributed by atoms with Gasteiger partial charge >= 0.3 is 0 Å². The number of hydrogen-bond donors (Lipinski definition) is 0. The molecule has 0 unspecified atom stereocenters. The average molecular weight is 300 g/mol. The van der Waals surface area contributed by atoms with Crippen molar-refractivity contribution in [2.45, 2.75) is 13.8 Å². The van der Waals surface area contributed by atoms with Crippen molar-refractivity contribution in [1.29, 1.82) is 0 Å². The fourth-order valence-electron chi connectivity index (χ4n) is 3.11. The molecule has 0 saturated carbocycles. The summed E-state index contributed by atoms with van der Waals surface area (Å²) in [6, 6.07) is 17.7. The maximum absolute atomic E-state index is 13.1. The minimum atomic E-state index is 0.0197. The Balaban J connectivity index is 2.16. The third-order valence-corrected chi connectivity index (χ3v) is 4.56. The zero-order valence-electron chi connectivity index (χ0n) is 13.1. The molecule has 0 atom stereocenters. The molecule has 0 bridgehead atoms. The third kappa shape index (κ3) is 2.07. The number of hydrogen-bond acceptors (Lipinski definition) is 2. The summed E-state index contributed by atoms with van der Waals surface area (Å²) in [5.41, 5.74) is 4.55. The van der Waals surface area contributed by atoms with Crippen molar-refractivity contribution in [3.05, 3.63) is 82.2 Å². The van der Waals surface area contributed by atoms with Crippen molar-refractivity contribution in [2.24, 2.45) is 0 Å². The largest absolute Gasteiger partial charge is 0.463 e. The van der Waals surface area contributed by atoms with Gasteiger partial charge in [-0.1, -0.05) is 48.5 Å². The zero-order valence-corrected chi connectivity index (χ0v) is 13.1. The number of rotatable bonds is 1. The number of benzene rings is 3. The van der Waals surface area contributed by atoms with Crippen molar-refractivity contribution >= 4 is 21.7 Å². The van der Waals surface area contributed by atoms with Crippen LogP contribution in [0.4, 0.5) is 0 Å². The minimum Gasteiger partial charge on any atom is -0.463 e. The molecule has 4 aromatic rings. The van der Waals surface area contributed by atoms with E-state index in [1.54, 1.807) is 6.26 Å². The second kappa shape index (κ2) is 5.10. The molecule has 0 amide bonds. The molecule has 0 aliphatic rings. The van der Waals surface area contributed by atoms with Crippen LogP contribution >= 0.6 is 0 Å². The SMILES string of the molecule is Cc1ccc2c(ccc3occ(-c4ccccc4)c(=O)c32)c1C. The lowest BCUT2D eigenvalue weighted by Gasteiger charge is -2.09. The number of aryl methyl sites for hydroxylation is 2. The molecule has 1 aromatic heterocycles. The van der Waals surface area contributed by atoms with Gasteiger partial charge in [-0.2, -0.15) is 0 Å². The molecule has 3 aromatic carbocycles. The van der Waals surface area contributed by atoms with Crippen LogP contribution in [0.3, 0.4) is 0 Å². The van der Waals surface area contributed by atoms with Gasteiger partial charge in [0.05, 0.1) is 10.9 Å². The van der Waals surface area contributed by atoms with Crippen LogP contribution in [0.25, 0.3) is 32.9 Å². The van der Waals surface area contributed by atoms with E-state index in [1.165, 1.54) is 11.1 Å². The van der Waals surface area contributed by atoms with Crippen molar-refractivity contribution in [3.8, 4) is 11.1 Å². The topological polar surface area (TPSA) is 30.2 Å². The average Bonchev–Trinajstić information content (AvgIpc) is 2.59. The second-order valence-corrected chi connectivity index (χ2v) is 5.89.